The average molecular weight is 598 g/mol. The fourth-order valence-corrected chi connectivity index (χ4v) is 6.46. The molecule has 0 fully saturated rings. The van der Waals surface area contributed by atoms with Gasteiger partial charge in [-0.2, -0.15) is 13.2 Å². The van der Waals surface area contributed by atoms with Gasteiger partial charge < -0.3 is 9.84 Å². The fraction of sp³-hybridized carbons (Fsp3) is 0.250. The number of halogens is 5. The third-order valence-electron chi connectivity index (χ3n) is 6.51. The predicted octanol–water partition coefficient (Wildman–Crippen LogP) is 7.19. The molecule has 0 saturated heterocycles. The van der Waals surface area contributed by atoms with Crippen LogP contribution in [0.15, 0.2) is 59.5 Å². The van der Waals surface area contributed by atoms with E-state index in [-0.39, 0.29) is 41.4 Å². The number of alkyl halides is 3. The van der Waals surface area contributed by atoms with E-state index in [9.17, 15) is 30.8 Å². The number of hydrogen-bond acceptors (Lipinski definition) is 4. The number of nitrogens with zero attached hydrogens (tertiary/aromatic N) is 1. The zero-order chi connectivity index (χ0) is 29.4. The van der Waals surface area contributed by atoms with Crippen molar-refractivity contribution in [3.8, 4) is 5.75 Å². The van der Waals surface area contributed by atoms with Gasteiger partial charge in [-0.3, -0.25) is 9.10 Å². The maximum absolute atomic E-state index is 14.5. The van der Waals surface area contributed by atoms with Crippen LogP contribution in [0.25, 0.3) is 11.6 Å². The van der Waals surface area contributed by atoms with Crippen molar-refractivity contribution in [2.45, 2.75) is 43.9 Å². The van der Waals surface area contributed by atoms with E-state index in [2.05, 4.69) is 0 Å². The lowest BCUT2D eigenvalue weighted by Crippen LogP contribution is -2.44. The number of carboxylic acid groups (broad SMARTS) is 1. The van der Waals surface area contributed by atoms with Gasteiger partial charge in [0.05, 0.1) is 27.7 Å². The lowest BCUT2D eigenvalue weighted by molar-refractivity contribution is -0.138. The van der Waals surface area contributed by atoms with Crippen LogP contribution in [0.1, 0.15) is 42.0 Å². The molecule has 212 valence electrons. The number of benzene rings is 3. The topological polar surface area (TPSA) is 83.9 Å². The minimum absolute atomic E-state index is 0.0328. The van der Waals surface area contributed by atoms with E-state index in [1.54, 1.807) is 26.0 Å². The van der Waals surface area contributed by atoms with Crippen molar-refractivity contribution in [2.24, 2.45) is 0 Å². The van der Waals surface area contributed by atoms with Crippen molar-refractivity contribution in [1.82, 2.24) is 0 Å². The van der Waals surface area contributed by atoms with E-state index in [1.807, 2.05) is 0 Å². The van der Waals surface area contributed by atoms with Crippen LogP contribution in [0.5, 0.6) is 5.75 Å². The highest BCUT2D eigenvalue weighted by molar-refractivity contribution is 7.92. The van der Waals surface area contributed by atoms with Gasteiger partial charge in [0, 0.05) is 12.0 Å². The van der Waals surface area contributed by atoms with Crippen LogP contribution in [-0.2, 0) is 21.0 Å². The molecule has 0 unspecified atom stereocenters. The van der Waals surface area contributed by atoms with E-state index >= 15 is 0 Å². The van der Waals surface area contributed by atoms with Crippen LogP contribution in [0.3, 0.4) is 0 Å². The number of rotatable bonds is 7. The third kappa shape index (κ3) is 5.95. The van der Waals surface area contributed by atoms with Crippen molar-refractivity contribution in [3.05, 3.63) is 87.7 Å². The first-order chi connectivity index (χ1) is 18.7. The molecular weight excluding hydrogens is 574 g/mol. The van der Waals surface area contributed by atoms with Gasteiger partial charge in [0.1, 0.15) is 17.7 Å². The molecule has 0 spiro atoms. The SMILES string of the molecule is CC(=Cc1ccc2c(c1C)N(S(=O)(=O)c1cccc(C(F)(F)F)c1)C[C@H](CCC(=O)O)O2)c1c(F)cccc1Cl. The van der Waals surface area contributed by atoms with Crippen LogP contribution < -0.4 is 9.04 Å². The molecule has 0 bridgehead atoms. The molecule has 1 aliphatic heterocycles. The van der Waals surface area contributed by atoms with Gasteiger partial charge in [-0.05, 0) is 73.4 Å². The van der Waals surface area contributed by atoms with Crippen LogP contribution in [0, 0.1) is 12.7 Å². The second-order valence-corrected chi connectivity index (χ2v) is 11.6. The van der Waals surface area contributed by atoms with E-state index in [0.717, 1.165) is 22.5 Å². The molecule has 3 aromatic rings. The zero-order valence-electron chi connectivity index (χ0n) is 21.3. The summed E-state index contributed by atoms with van der Waals surface area (Å²) in [5.41, 5.74) is 0.471. The first-order valence-electron chi connectivity index (χ1n) is 12.0. The molecular formula is C28H24ClF4NO5S. The fourth-order valence-electron chi connectivity index (χ4n) is 4.54. The van der Waals surface area contributed by atoms with E-state index < -0.39 is 44.5 Å². The molecule has 0 radical (unpaired) electrons. The summed E-state index contributed by atoms with van der Waals surface area (Å²) in [5, 5.41) is 9.29. The van der Waals surface area contributed by atoms with Crippen molar-refractivity contribution in [3.63, 3.8) is 0 Å². The van der Waals surface area contributed by atoms with Gasteiger partial charge >= 0.3 is 12.1 Å². The highest BCUT2D eigenvalue weighted by Gasteiger charge is 2.38. The van der Waals surface area contributed by atoms with Gasteiger partial charge in [0.2, 0.25) is 0 Å². The largest absolute Gasteiger partial charge is 0.486 e. The highest BCUT2D eigenvalue weighted by atomic mass is 35.5. The number of anilines is 1. The molecule has 0 saturated carbocycles. The Kier molecular flexibility index (Phi) is 8.18. The summed E-state index contributed by atoms with van der Waals surface area (Å²) in [4.78, 5) is 10.6. The van der Waals surface area contributed by atoms with Crippen molar-refractivity contribution in [2.75, 3.05) is 10.8 Å². The Morgan fingerprint density at radius 3 is 2.52 bits per heavy atom. The maximum Gasteiger partial charge on any atom is 0.416 e. The summed E-state index contributed by atoms with van der Waals surface area (Å²) in [7, 11) is -4.56. The Bertz CT molecular complexity index is 1580. The third-order valence-corrected chi connectivity index (χ3v) is 8.58. The minimum Gasteiger partial charge on any atom is -0.486 e. The first kappa shape index (κ1) is 29.4. The van der Waals surface area contributed by atoms with Crippen LogP contribution >= 0.6 is 11.6 Å². The van der Waals surface area contributed by atoms with Gasteiger partial charge in [0.25, 0.3) is 10.0 Å². The normalized spacial score (nSPS) is 15.9. The smallest absolute Gasteiger partial charge is 0.416 e. The number of carbonyl (C=O) groups is 1. The Labute approximate surface area is 233 Å². The lowest BCUT2D eigenvalue weighted by Gasteiger charge is -2.37. The van der Waals surface area contributed by atoms with Crippen LogP contribution in [0.4, 0.5) is 23.2 Å². The monoisotopic (exact) mass is 597 g/mol. The maximum atomic E-state index is 14.5. The lowest BCUT2D eigenvalue weighted by atomic mass is 9.99. The Morgan fingerprint density at radius 2 is 1.88 bits per heavy atom. The minimum atomic E-state index is -4.77. The van der Waals surface area contributed by atoms with Crippen LogP contribution in [-0.4, -0.2) is 32.1 Å². The molecule has 40 heavy (non-hydrogen) atoms. The van der Waals surface area contributed by atoms with E-state index in [4.69, 9.17) is 21.4 Å². The molecule has 1 heterocycles. The van der Waals surface area contributed by atoms with Gasteiger partial charge in [-0.25, -0.2) is 12.8 Å². The molecule has 6 nitrogen and oxygen atoms in total. The first-order valence-corrected chi connectivity index (χ1v) is 13.9. The molecule has 1 atom stereocenters. The molecule has 12 heteroatoms. The number of fused-ring (bicyclic) bond motifs is 1. The second-order valence-electron chi connectivity index (χ2n) is 9.28. The molecule has 1 N–H and O–H groups in total. The Balaban J connectivity index is 1.86. The van der Waals surface area contributed by atoms with Gasteiger partial charge in [-0.1, -0.05) is 35.9 Å². The van der Waals surface area contributed by atoms with Gasteiger partial charge in [0.15, 0.2) is 0 Å². The molecule has 3 aromatic carbocycles. The Morgan fingerprint density at radius 1 is 1.18 bits per heavy atom. The summed E-state index contributed by atoms with van der Waals surface area (Å²) in [6.07, 6.45) is -4.36. The quantitative estimate of drug-likeness (QED) is 0.230. The number of ether oxygens (including phenoxy) is 1. The summed E-state index contributed by atoms with van der Waals surface area (Å²) in [5.74, 6) is -1.54. The molecule has 4 rings (SSSR count). The predicted molar refractivity (Wildman–Crippen MR) is 143 cm³/mol. The van der Waals surface area contributed by atoms with Crippen molar-refractivity contribution >= 4 is 44.9 Å². The van der Waals surface area contributed by atoms with E-state index in [0.29, 0.717) is 22.8 Å². The molecule has 1 aliphatic rings. The molecule has 0 amide bonds. The van der Waals surface area contributed by atoms with Crippen LogP contribution in [0.2, 0.25) is 5.02 Å². The Hall–Kier alpha value is -3.57. The summed E-state index contributed by atoms with van der Waals surface area (Å²) >= 11 is 6.20. The average Bonchev–Trinajstić information content (AvgIpc) is 2.88. The van der Waals surface area contributed by atoms with Crippen molar-refractivity contribution in [1.29, 1.82) is 0 Å². The van der Waals surface area contributed by atoms with E-state index in [1.165, 1.54) is 24.3 Å². The summed E-state index contributed by atoms with van der Waals surface area (Å²) in [6, 6.07) is 10.8. The number of carboxylic acids is 1. The second kappa shape index (κ2) is 11.1. The van der Waals surface area contributed by atoms with Crippen molar-refractivity contribution < 1.29 is 40.6 Å². The number of aliphatic carboxylic acids is 1. The van der Waals surface area contributed by atoms with Gasteiger partial charge in [-0.15, -0.1) is 0 Å². The molecule has 0 aliphatic carbocycles. The number of allylic oxidation sites excluding steroid dienone is 1. The highest BCUT2D eigenvalue weighted by Crippen LogP contribution is 2.43. The standard InChI is InChI=1S/C28H24ClF4NO5S/c1-16(26-22(29)7-4-8-23(26)30)13-18-9-11-24-27(17(18)2)34(15-20(39-24)10-12-25(35)36)40(37,38)21-6-3-5-19(14-21)28(31,32)33/h3-9,11,13-14,20H,10,12,15H2,1-2H3,(H,35,36)/t20-/m0/s1. The number of hydrogen-bond donors (Lipinski definition) is 1. The molecule has 0 aromatic heterocycles. The number of sulfonamides is 1. The zero-order valence-corrected chi connectivity index (χ0v) is 22.9. The summed E-state index contributed by atoms with van der Waals surface area (Å²) in [6.45, 7) is 2.92. The summed E-state index contributed by atoms with van der Waals surface area (Å²) < 4.78 is 89.2.